The molecule has 0 aliphatic carbocycles. The molecule has 2 nitrogen and oxygen atoms in total. The zero-order valence-corrected chi connectivity index (χ0v) is 15.0. The van der Waals surface area contributed by atoms with Crippen molar-refractivity contribution in [2.24, 2.45) is 0 Å². The third kappa shape index (κ3) is 3.40. The highest BCUT2D eigenvalue weighted by Gasteiger charge is 2.09. The first-order valence-corrected chi connectivity index (χ1v) is 8.77. The van der Waals surface area contributed by atoms with Gasteiger partial charge in [-0.1, -0.05) is 65.7 Å². The number of aromatic nitrogens is 2. The summed E-state index contributed by atoms with van der Waals surface area (Å²) in [6.45, 7) is 4.19. The smallest absolute Gasteiger partial charge is 0.0716 e. The SMILES string of the molecule is Cc1ccc(-c2cc(-c3ccccn3)cc(-c3ccc(C)cc3)n2)cc1. The van der Waals surface area contributed by atoms with Gasteiger partial charge in [0.1, 0.15) is 0 Å². The summed E-state index contributed by atoms with van der Waals surface area (Å²) in [5, 5.41) is 0. The van der Waals surface area contributed by atoms with E-state index in [0.29, 0.717) is 0 Å². The third-order valence-electron chi connectivity index (χ3n) is 4.48. The Bertz CT molecular complexity index is 954. The van der Waals surface area contributed by atoms with Crippen LogP contribution in [0.1, 0.15) is 11.1 Å². The number of rotatable bonds is 3. The molecule has 0 atom stereocenters. The summed E-state index contributed by atoms with van der Waals surface area (Å²) in [5.41, 5.74) is 8.67. The first-order valence-electron chi connectivity index (χ1n) is 8.77. The Balaban J connectivity index is 1.89. The molecule has 2 heteroatoms. The molecule has 0 spiro atoms. The van der Waals surface area contributed by atoms with Gasteiger partial charge >= 0.3 is 0 Å². The minimum absolute atomic E-state index is 0.955. The highest BCUT2D eigenvalue weighted by molar-refractivity contribution is 5.75. The summed E-state index contributed by atoms with van der Waals surface area (Å²) in [6, 6.07) is 27.2. The molecule has 26 heavy (non-hydrogen) atoms. The molecule has 0 aliphatic heterocycles. The van der Waals surface area contributed by atoms with E-state index in [9.17, 15) is 0 Å². The zero-order chi connectivity index (χ0) is 17.9. The Kier molecular flexibility index (Phi) is 4.32. The minimum atomic E-state index is 0.955. The largest absolute Gasteiger partial charge is 0.256 e. The number of aryl methyl sites for hydroxylation is 2. The molecule has 2 heterocycles. The van der Waals surface area contributed by atoms with Crippen LogP contribution in [-0.4, -0.2) is 9.97 Å². The standard InChI is InChI=1S/C24H20N2/c1-17-6-10-19(11-7-17)23-15-21(22-5-3-4-14-25-22)16-24(26-23)20-12-8-18(2)9-13-20/h3-16H,1-2H3. The van der Waals surface area contributed by atoms with Gasteiger partial charge in [-0.2, -0.15) is 0 Å². The van der Waals surface area contributed by atoms with E-state index < -0.39 is 0 Å². The molecule has 0 bridgehead atoms. The minimum Gasteiger partial charge on any atom is -0.256 e. The Labute approximate surface area is 154 Å². The Morgan fingerprint density at radius 3 is 1.54 bits per heavy atom. The lowest BCUT2D eigenvalue weighted by Crippen LogP contribution is -1.92. The van der Waals surface area contributed by atoms with Crippen LogP contribution in [0.5, 0.6) is 0 Å². The van der Waals surface area contributed by atoms with Crippen LogP contribution in [-0.2, 0) is 0 Å². The van der Waals surface area contributed by atoms with Crippen molar-refractivity contribution in [1.29, 1.82) is 0 Å². The molecule has 0 amide bonds. The van der Waals surface area contributed by atoms with Gasteiger partial charge in [0, 0.05) is 22.9 Å². The Morgan fingerprint density at radius 1 is 0.538 bits per heavy atom. The molecule has 2 aromatic heterocycles. The molecule has 4 aromatic rings. The van der Waals surface area contributed by atoms with E-state index in [2.05, 4.69) is 79.5 Å². The van der Waals surface area contributed by atoms with E-state index in [1.165, 1.54) is 11.1 Å². The number of benzene rings is 2. The summed E-state index contributed by atoms with van der Waals surface area (Å²) in [5.74, 6) is 0. The van der Waals surface area contributed by atoms with Crippen LogP contribution in [0.4, 0.5) is 0 Å². The summed E-state index contributed by atoms with van der Waals surface area (Å²) in [7, 11) is 0. The monoisotopic (exact) mass is 336 g/mol. The zero-order valence-electron chi connectivity index (χ0n) is 15.0. The van der Waals surface area contributed by atoms with Crippen molar-refractivity contribution in [2.45, 2.75) is 13.8 Å². The molecule has 0 radical (unpaired) electrons. The quantitative estimate of drug-likeness (QED) is 0.452. The van der Waals surface area contributed by atoms with Gasteiger partial charge in [-0.25, -0.2) is 4.98 Å². The van der Waals surface area contributed by atoms with E-state index in [1.54, 1.807) is 0 Å². The van der Waals surface area contributed by atoms with Crippen molar-refractivity contribution in [1.82, 2.24) is 9.97 Å². The van der Waals surface area contributed by atoms with Crippen LogP contribution in [0.3, 0.4) is 0 Å². The van der Waals surface area contributed by atoms with E-state index in [4.69, 9.17) is 4.98 Å². The van der Waals surface area contributed by atoms with Gasteiger partial charge in [-0.3, -0.25) is 4.98 Å². The van der Waals surface area contributed by atoms with Crippen molar-refractivity contribution in [3.05, 3.63) is 96.2 Å². The average molecular weight is 336 g/mol. The number of hydrogen-bond acceptors (Lipinski definition) is 2. The highest BCUT2D eigenvalue weighted by Crippen LogP contribution is 2.29. The first kappa shape index (κ1) is 16.2. The van der Waals surface area contributed by atoms with E-state index in [1.807, 2.05) is 24.4 Å². The second-order valence-electron chi connectivity index (χ2n) is 6.57. The van der Waals surface area contributed by atoms with Crippen molar-refractivity contribution in [2.75, 3.05) is 0 Å². The van der Waals surface area contributed by atoms with Crippen molar-refractivity contribution in [3.63, 3.8) is 0 Å². The summed E-state index contributed by atoms with van der Waals surface area (Å²) in [6.07, 6.45) is 1.83. The van der Waals surface area contributed by atoms with Crippen molar-refractivity contribution < 1.29 is 0 Å². The predicted molar refractivity (Wildman–Crippen MR) is 108 cm³/mol. The average Bonchev–Trinajstić information content (AvgIpc) is 2.69. The maximum Gasteiger partial charge on any atom is 0.0716 e. The first-order chi connectivity index (χ1) is 12.7. The molecule has 0 fully saturated rings. The highest BCUT2D eigenvalue weighted by atomic mass is 14.7. The third-order valence-corrected chi connectivity index (χ3v) is 4.48. The number of hydrogen-bond donors (Lipinski definition) is 0. The molecule has 0 unspecified atom stereocenters. The van der Waals surface area contributed by atoms with Gasteiger partial charge in [-0.05, 0) is 38.1 Å². The lowest BCUT2D eigenvalue weighted by Gasteiger charge is -2.10. The van der Waals surface area contributed by atoms with Gasteiger partial charge in [0.2, 0.25) is 0 Å². The normalized spacial score (nSPS) is 10.7. The molecule has 0 saturated carbocycles. The van der Waals surface area contributed by atoms with E-state index in [0.717, 1.165) is 33.8 Å². The molecular formula is C24H20N2. The Morgan fingerprint density at radius 2 is 1.08 bits per heavy atom. The molecule has 0 aliphatic rings. The molecule has 4 rings (SSSR count). The van der Waals surface area contributed by atoms with E-state index >= 15 is 0 Å². The predicted octanol–water partition coefficient (Wildman–Crippen LogP) is 6.09. The van der Waals surface area contributed by atoms with Crippen molar-refractivity contribution >= 4 is 0 Å². The van der Waals surface area contributed by atoms with Crippen molar-refractivity contribution in [3.8, 4) is 33.8 Å². The molecule has 0 N–H and O–H groups in total. The van der Waals surface area contributed by atoms with Gasteiger partial charge < -0.3 is 0 Å². The maximum atomic E-state index is 4.93. The summed E-state index contributed by atoms with van der Waals surface area (Å²) >= 11 is 0. The molecule has 2 aromatic carbocycles. The van der Waals surface area contributed by atoms with Gasteiger partial charge in [-0.15, -0.1) is 0 Å². The van der Waals surface area contributed by atoms with E-state index in [-0.39, 0.29) is 0 Å². The molecular weight excluding hydrogens is 316 g/mol. The molecule has 0 saturated heterocycles. The second-order valence-corrected chi connectivity index (χ2v) is 6.57. The summed E-state index contributed by atoms with van der Waals surface area (Å²) in [4.78, 5) is 9.45. The van der Waals surface area contributed by atoms with Crippen LogP contribution in [0.25, 0.3) is 33.8 Å². The maximum absolute atomic E-state index is 4.93. The van der Waals surface area contributed by atoms with Crippen LogP contribution in [0.2, 0.25) is 0 Å². The Hall–Kier alpha value is -3.26. The van der Waals surface area contributed by atoms with Gasteiger partial charge in [0.05, 0.1) is 17.1 Å². The van der Waals surface area contributed by atoms with Crippen LogP contribution < -0.4 is 0 Å². The fourth-order valence-electron chi connectivity index (χ4n) is 2.96. The van der Waals surface area contributed by atoms with Gasteiger partial charge in [0.15, 0.2) is 0 Å². The lowest BCUT2D eigenvalue weighted by atomic mass is 10.0. The number of pyridine rings is 2. The van der Waals surface area contributed by atoms with Crippen LogP contribution in [0, 0.1) is 13.8 Å². The van der Waals surface area contributed by atoms with Crippen LogP contribution in [0.15, 0.2) is 85.1 Å². The topological polar surface area (TPSA) is 25.8 Å². The fraction of sp³-hybridized carbons (Fsp3) is 0.0833. The summed E-state index contributed by atoms with van der Waals surface area (Å²) < 4.78 is 0. The second kappa shape index (κ2) is 6.93. The fourth-order valence-corrected chi connectivity index (χ4v) is 2.96. The van der Waals surface area contributed by atoms with Crippen LogP contribution >= 0.6 is 0 Å². The van der Waals surface area contributed by atoms with Gasteiger partial charge in [0.25, 0.3) is 0 Å². The lowest BCUT2D eigenvalue weighted by molar-refractivity contribution is 1.28. The number of nitrogens with zero attached hydrogens (tertiary/aromatic N) is 2. The molecule has 126 valence electrons.